The second-order valence-electron chi connectivity index (χ2n) is 5.54. The molecule has 2 rings (SSSR count). The Kier molecular flexibility index (Phi) is 2.97. The number of likely N-dealkylation sites (N-methyl/N-ethyl adjacent to an activating group) is 1. The third kappa shape index (κ3) is 2.03. The lowest BCUT2D eigenvalue weighted by Gasteiger charge is -2.46. The highest BCUT2D eigenvalue weighted by molar-refractivity contribution is 5.90. The van der Waals surface area contributed by atoms with E-state index in [1.807, 2.05) is 40.0 Å². The maximum atomic E-state index is 12.3. The molecule has 1 aromatic rings. The quantitative estimate of drug-likeness (QED) is 0.767. The molecule has 0 radical (unpaired) electrons. The largest absolute Gasteiger partial charge is 0.399 e. The minimum absolute atomic E-state index is 0.147. The number of nitrogen functional groups attached to an aromatic ring is 1. The minimum atomic E-state index is -0.521. The Bertz CT molecular complexity index is 462. The van der Waals surface area contributed by atoms with E-state index in [-0.39, 0.29) is 5.91 Å². The topological polar surface area (TPSA) is 49.6 Å². The molecule has 18 heavy (non-hydrogen) atoms. The molecule has 1 fully saturated rings. The van der Waals surface area contributed by atoms with Gasteiger partial charge in [-0.1, -0.05) is 0 Å². The normalized spacial score (nSPS) is 19.2. The standard InChI is InChI=1S/C14H21N3O/c1-10-7-11(15)9-12(8-10)17-6-5-16(4)13(18)14(17,2)3/h7-9H,5-6,15H2,1-4H3. The monoisotopic (exact) mass is 247 g/mol. The van der Waals surface area contributed by atoms with Gasteiger partial charge in [0.2, 0.25) is 5.91 Å². The van der Waals surface area contributed by atoms with Crippen LogP contribution in [-0.2, 0) is 4.79 Å². The zero-order valence-electron chi connectivity index (χ0n) is 11.5. The van der Waals surface area contributed by atoms with Crippen molar-refractivity contribution in [1.29, 1.82) is 0 Å². The van der Waals surface area contributed by atoms with Crippen LogP contribution in [0, 0.1) is 6.92 Å². The number of hydrogen-bond donors (Lipinski definition) is 1. The summed E-state index contributed by atoms with van der Waals surface area (Å²) >= 11 is 0. The number of nitrogens with two attached hydrogens (primary N) is 1. The van der Waals surface area contributed by atoms with Crippen molar-refractivity contribution in [3.63, 3.8) is 0 Å². The van der Waals surface area contributed by atoms with Gasteiger partial charge < -0.3 is 15.5 Å². The summed E-state index contributed by atoms with van der Waals surface area (Å²) in [4.78, 5) is 16.2. The maximum absolute atomic E-state index is 12.3. The smallest absolute Gasteiger partial charge is 0.247 e. The Morgan fingerprint density at radius 3 is 2.50 bits per heavy atom. The van der Waals surface area contributed by atoms with Gasteiger partial charge in [-0.05, 0) is 44.5 Å². The van der Waals surface area contributed by atoms with Crippen LogP contribution in [0.2, 0.25) is 0 Å². The molecule has 0 saturated carbocycles. The molecule has 1 heterocycles. The zero-order chi connectivity index (χ0) is 13.5. The van der Waals surface area contributed by atoms with Crippen molar-refractivity contribution in [3.8, 4) is 0 Å². The fraction of sp³-hybridized carbons (Fsp3) is 0.500. The zero-order valence-corrected chi connectivity index (χ0v) is 11.5. The van der Waals surface area contributed by atoms with Crippen LogP contribution in [-0.4, -0.2) is 36.5 Å². The first kappa shape index (κ1) is 12.7. The fourth-order valence-corrected chi connectivity index (χ4v) is 2.61. The molecule has 1 aliphatic rings. The lowest BCUT2D eigenvalue weighted by atomic mass is 9.96. The summed E-state index contributed by atoms with van der Waals surface area (Å²) in [5.74, 6) is 0.147. The second kappa shape index (κ2) is 4.19. The Hall–Kier alpha value is -1.71. The van der Waals surface area contributed by atoms with E-state index >= 15 is 0 Å². The van der Waals surface area contributed by atoms with Crippen molar-refractivity contribution in [2.24, 2.45) is 0 Å². The van der Waals surface area contributed by atoms with E-state index in [1.165, 1.54) is 0 Å². The molecule has 1 amide bonds. The molecular formula is C14H21N3O. The van der Waals surface area contributed by atoms with Gasteiger partial charge in [0.05, 0.1) is 0 Å². The van der Waals surface area contributed by atoms with Gasteiger partial charge in [-0.2, -0.15) is 0 Å². The number of rotatable bonds is 1. The Labute approximate surface area is 108 Å². The molecule has 1 aromatic carbocycles. The number of amides is 1. The maximum Gasteiger partial charge on any atom is 0.247 e. The molecule has 4 nitrogen and oxygen atoms in total. The fourth-order valence-electron chi connectivity index (χ4n) is 2.61. The number of piperazine rings is 1. The molecule has 1 aliphatic heterocycles. The average molecular weight is 247 g/mol. The third-order valence-corrected chi connectivity index (χ3v) is 3.60. The first-order chi connectivity index (χ1) is 8.32. The molecule has 0 aliphatic carbocycles. The van der Waals surface area contributed by atoms with Crippen molar-refractivity contribution in [1.82, 2.24) is 4.90 Å². The Balaban J connectivity index is 2.41. The first-order valence-corrected chi connectivity index (χ1v) is 6.23. The molecule has 2 N–H and O–H groups in total. The van der Waals surface area contributed by atoms with Gasteiger partial charge in [0.25, 0.3) is 0 Å². The van der Waals surface area contributed by atoms with Crippen LogP contribution in [0.1, 0.15) is 19.4 Å². The van der Waals surface area contributed by atoms with Crippen LogP contribution in [0.4, 0.5) is 11.4 Å². The molecule has 0 atom stereocenters. The van der Waals surface area contributed by atoms with Crippen LogP contribution in [0.25, 0.3) is 0 Å². The molecule has 0 bridgehead atoms. The van der Waals surface area contributed by atoms with Crippen LogP contribution in [0.5, 0.6) is 0 Å². The third-order valence-electron chi connectivity index (χ3n) is 3.60. The predicted molar refractivity (Wildman–Crippen MR) is 74.7 cm³/mol. The molecule has 98 valence electrons. The van der Waals surface area contributed by atoms with Gasteiger partial charge in [-0.15, -0.1) is 0 Å². The van der Waals surface area contributed by atoms with Crippen molar-refractivity contribution >= 4 is 17.3 Å². The number of hydrogen-bond acceptors (Lipinski definition) is 3. The summed E-state index contributed by atoms with van der Waals surface area (Å²) < 4.78 is 0. The number of benzene rings is 1. The van der Waals surface area contributed by atoms with Gasteiger partial charge in [0.15, 0.2) is 0 Å². The van der Waals surface area contributed by atoms with Crippen LogP contribution >= 0.6 is 0 Å². The summed E-state index contributed by atoms with van der Waals surface area (Å²) in [6.07, 6.45) is 0. The van der Waals surface area contributed by atoms with Gasteiger partial charge >= 0.3 is 0 Å². The van der Waals surface area contributed by atoms with E-state index in [4.69, 9.17) is 5.73 Å². The molecule has 0 aromatic heterocycles. The van der Waals surface area contributed by atoms with Gasteiger partial charge in [0.1, 0.15) is 5.54 Å². The van der Waals surface area contributed by atoms with E-state index in [1.54, 1.807) is 4.90 Å². The number of anilines is 2. The molecule has 1 saturated heterocycles. The first-order valence-electron chi connectivity index (χ1n) is 6.23. The summed E-state index contributed by atoms with van der Waals surface area (Å²) in [6, 6.07) is 5.96. The summed E-state index contributed by atoms with van der Waals surface area (Å²) in [7, 11) is 1.85. The average Bonchev–Trinajstić information content (AvgIpc) is 2.24. The van der Waals surface area contributed by atoms with Crippen LogP contribution in [0.15, 0.2) is 18.2 Å². The lowest BCUT2D eigenvalue weighted by Crippen LogP contribution is -2.62. The van der Waals surface area contributed by atoms with E-state index < -0.39 is 5.54 Å². The highest BCUT2D eigenvalue weighted by Gasteiger charge is 2.40. The van der Waals surface area contributed by atoms with E-state index in [9.17, 15) is 4.79 Å². The van der Waals surface area contributed by atoms with E-state index in [0.717, 1.165) is 30.0 Å². The number of aryl methyl sites for hydroxylation is 1. The number of carbonyl (C=O) groups is 1. The molecule has 0 spiro atoms. The van der Waals surface area contributed by atoms with Crippen molar-refractivity contribution in [2.75, 3.05) is 30.8 Å². The number of carbonyl (C=O) groups excluding carboxylic acids is 1. The van der Waals surface area contributed by atoms with E-state index in [2.05, 4.69) is 11.0 Å². The second-order valence-corrected chi connectivity index (χ2v) is 5.54. The van der Waals surface area contributed by atoms with E-state index in [0.29, 0.717) is 0 Å². The lowest BCUT2D eigenvalue weighted by molar-refractivity contribution is -0.136. The minimum Gasteiger partial charge on any atom is -0.399 e. The SMILES string of the molecule is Cc1cc(N)cc(N2CCN(C)C(=O)C2(C)C)c1. The summed E-state index contributed by atoms with van der Waals surface area (Å²) in [6.45, 7) is 7.52. The highest BCUT2D eigenvalue weighted by Crippen LogP contribution is 2.30. The molecule has 4 heteroatoms. The molecular weight excluding hydrogens is 226 g/mol. The van der Waals surface area contributed by atoms with Crippen molar-refractivity contribution in [2.45, 2.75) is 26.3 Å². The van der Waals surface area contributed by atoms with Crippen LogP contribution in [0.3, 0.4) is 0 Å². The van der Waals surface area contributed by atoms with Gasteiger partial charge in [-0.25, -0.2) is 0 Å². The van der Waals surface area contributed by atoms with Crippen molar-refractivity contribution < 1.29 is 4.79 Å². The van der Waals surface area contributed by atoms with Gasteiger partial charge in [-0.3, -0.25) is 4.79 Å². The molecule has 0 unspecified atom stereocenters. The number of nitrogens with zero attached hydrogens (tertiary/aromatic N) is 2. The summed E-state index contributed by atoms with van der Waals surface area (Å²) in [5, 5.41) is 0. The Morgan fingerprint density at radius 2 is 1.89 bits per heavy atom. The van der Waals surface area contributed by atoms with Crippen LogP contribution < -0.4 is 10.6 Å². The predicted octanol–water partition coefficient (Wildman–Crippen LogP) is 1.63. The van der Waals surface area contributed by atoms with Gasteiger partial charge in [0, 0.05) is 31.5 Å². The highest BCUT2D eigenvalue weighted by atomic mass is 16.2. The van der Waals surface area contributed by atoms with Crippen molar-refractivity contribution in [3.05, 3.63) is 23.8 Å². The Morgan fingerprint density at radius 1 is 1.22 bits per heavy atom. The summed E-state index contributed by atoms with van der Waals surface area (Å²) in [5.41, 5.74) is 8.26.